The molecule has 3 nitrogen and oxygen atoms in total. The van der Waals surface area contributed by atoms with Crippen molar-refractivity contribution in [3.05, 3.63) is 18.2 Å². The van der Waals surface area contributed by atoms with E-state index in [0.29, 0.717) is 5.13 Å². The number of aliphatic imine (C=N–C) groups is 1. The van der Waals surface area contributed by atoms with Crippen LogP contribution in [0.3, 0.4) is 0 Å². The molecule has 0 amide bonds. The predicted octanol–water partition coefficient (Wildman–Crippen LogP) is 2.21. The third kappa shape index (κ3) is 0.967. The maximum Gasteiger partial charge on any atom is 0.181 e. The second-order valence-electron chi connectivity index (χ2n) is 2.34. The Morgan fingerprint density at radius 2 is 2.33 bits per heavy atom. The van der Waals surface area contributed by atoms with Gasteiger partial charge >= 0.3 is 0 Å². The fraction of sp³-hybridized carbons (Fsp3) is 0. The number of anilines is 1. The smallest absolute Gasteiger partial charge is 0.181 e. The summed E-state index contributed by atoms with van der Waals surface area (Å²) in [7, 11) is 0. The van der Waals surface area contributed by atoms with Gasteiger partial charge in [-0.2, -0.15) is 0 Å². The SMILES string of the molecule is C=Nc1cccc2nc(N)sc12. The highest BCUT2D eigenvalue weighted by Gasteiger charge is 2.03. The highest BCUT2D eigenvalue weighted by atomic mass is 32.1. The van der Waals surface area contributed by atoms with E-state index in [4.69, 9.17) is 5.73 Å². The lowest BCUT2D eigenvalue weighted by Gasteiger charge is -1.90. The first-order valence-corrected chi connectivity index (χ1v) is 4.24. The molecule has 0 aliphatic heterocycles. The van der Waals surface area contributed by atoms with Gasteiger partial charge in [0.1, 0.15) is 0 Å². The van der Waals surface area contributed by atoms with Gasteiger partial charge in [0.25, 0.3) is 0 Å². The Bertz CT molecular complexity index is 433. The highest BCUT2D eigenvalue weighted by Crippen LogP contribution is 2.31. The summed E-state index contributed by atoms with van der Waals surface area (Å²) in [5.41, 5.74) is 7.30. The number of nitrogens with two attached hydrogens (primary N) is 1. The van der Waals surface area contributed by atoms with E-state index in [2.05, 4.69) is 16.7 Å². The third-order valence-electron chi connectivity index (χ3n) is 1.58. The fourth-order valence-electron chi connectivity index (χ4n) is 1.08. The van der Waals surface area contributed by atoms with Gasteiger partial charge in [0.15, 0.2) is 5.13 Å². The Morgan fingerprint density at radius 3 is 3.08 bits per heavy atom. The Balaban J connectivity index is 2.86. The molecule has 2 aromatic rings. The molecule has 12 heavy (non-hydrogen) atoms. The Kier molecular flexibility index (Phi) is 1.55. The van der Waals surface area contributed by atoms with Gasteiger partial charge in [-0.1, -0.05) is 17.4 Å². The highest BCUT2D eigenvalue weighted by molar-refractivity contribution is 7.22. The number of hydrogen-bond donors (Lipinski definition) is 1. The number of hydrogen-bond acceptors (Lipinski definition) is 4. The molecule has 2 N–H and O–H groups in total. The molecule has 0 bridgehead atoms. The molecule has 0 unspecified atom stereocenters. The van der Waals surface area contributed by atoms with Crippen LogP contribution in [-0.4, -0.2) is 11.7 Å². The van der Waals surface area contributed by atoms with Crippen LogP contribution in [0.1, 0.15) is 0 Å². The summed E-state index contributed by atoms with van der Waals surface area (Å²) < 4.78 is 1.00. The van der Waals surface area contributed by atoms with Crippen LogP contribution in [0.25, 0.3) is 10.2 Å². The lowest BCUT2D eigenvalue weighted by Crippen LogP contribution is -1.78. The Labute approximate surface area is 73.6 Å². The Morgan fingerprint density at radius 1 is 1.50 bits per heavy atom. The number of nitrogen functional groups attached to an aromatic ring is 1. The number of rotatable bonds is 1. The zero-order valence-electron chi connectivity index (χ0n) is 6.32. The molecule has 0 aliphatic carbocycles. The summed E-state index contributed by atoms with van der Waals surface area (Å²) >= 11 is 1.44. The van der Waals surface area contributed by atoms with E-state index < -0.39 is 0 Å². The molecule has 1 aromatic heterocycles. The van der Waals surface area contributed by atoms with Gasteiger partial charge in [0.2, 0.25) is 0 Å². The average Bonchev–Trinajstić information content (AvgIpc) is 2.44. The summed E-state index contributed by atoms with van der Waals surface area (Å²) in [6, 6.07) is 5.70. The first kappa shape index (κ1) is 7.24. The van der Waals surface area contributed by atoms with Crippen LogP contribution < -0.4 is 5.73 Å². The van der Waals surface area contributed by atoms with Crippen molar-refractivity contribution in [3.63, 3.8) is 0 Å². The third-order valence-corrected chi connectivity index (χ3v) is 2.50. The molecule has 1 heterocycles. The van der Waals surface area contributed by atoms with Crippen LogP contribution in [0.5, 0.6) is 0 Å². The maximum atomic E-state index is 5.56. The minimum Gasteiger partial charge on any atom is -0.375 e. The second-order valence-corrected chi connectivity index (χ2v) is 3.37. The predicted molar refractivity (Wildman–Crippen MR) is 53.2 cm³/mol. The summed E-state index contributed by atoms with van der Waals surface area (Å²) in [5.74, 6) is 0. The lowest BCUT2D eigenvalue weighted by molar-refractivity contribution is 1.49. The first-order valence-electron chi connectivity index (χ1n) is 3.43. The van der Waals surface area contributed by atoms with Crippen molar-refractivity contribution < 1.29 is 0 Å². The van der Waals surface area contributed by atoms with E-state index in [9.17, 15) is 0 Å². The van der Waals surface area contributed by atoms with Gasteiger partial charge in [0.05, 0.1) is 15.9 Å². The largest absolute Gasteiger partial charge is 0.375 e. The molecule has 2 rings (SSSR count). The zero-order chi connectivity index (χ0) is 8.55. The molecule has 0 atom stereocenters. The molecular formula is C8H7N3S. The molecule has 0 saturated carbocycles. The van der Waals surface area contributed by atoms with Crippen molar-refractivity contribution in [1.82, 2.24) is 4.98 Å². The van der Waals surface area contributed by atoms with Crippen LogP contribution in [0.15, 0.2) is 23.2 Å². The lowest BCUT2D eigenvalue weighted by atomic mass is 10.3. The van der Waals surface area contributed by atoms with Crippen LogP contribution in [-0.2, 0) is 0 Å². The number of benzene rings is 1. The molecule has 60 valence electrons. The molecule has 0 aliphatic rings. The minimum atomic E-state index is 0.570. The van der Waals surface area contributed by atoms with Gasteiger partial charge in [0, 0.05) is 0 Å². The van der Waals surface area contributed by atoms with E-state index in [1.807, 2.05) is 18.2 Å². The van der Waals surface area contributed by atoms with Crippen LogP contribution in [0.2, 0.25) is 0 Å². The molecule has 1 aromatic carbocycles. The normalized spacial score (nSPS) is 10.3. The van der Waals surface area contributed by atoms with E-state index >= 15 is 0 Å². The first-order chi connectivity index (χ1) is 5.81. The molecule has 0 saturated heterocycles. The van der Waals surface area contributed by atoms with Gasteiger partial charge in [-0.3, -0.25) is 4.99 Å². The quantitative estimate of drug-likeness (QED) is 0.679. The maximum absolute atomic E-state index is 5.56. The van der Waals surface area contributed by atoms with Crippen molar-refractivity contribution in [2.24, 2.45) is 4.99 Å². The topological polar surface area (TPSA) is 51.3 Å². The van der Waals surface area contributed by atoms with Crippen LogP contribution >= 0.6 is 11.3 Å². The number of fused-ring (bicyclic) bond motifs is 1. The van der Waals surface area contributed by atoms with Crippen molar-refractivity contribution in [2.75, 3.05) is 5.73 Å². The van der Waals surface area contributed by atoms with Crippen molar-refractivity contribution >= 4 is 39.1 Å². The summed E-state index contributed by atoms with van der Waals surface area (Å²) in [4.78, 5) is 8.01. The monoisotopic (exact) mass is 177 g/mol. The number of nitrogens with zero attached hydrogens (tertiary/aromatic N) is 2. The van der Waals surface area contributed by atoms with Gasteiger partial charge in [-0.15, -0.1) is 0 Å². The molecule has 4 heteroatoms. The standard InChI is InChI=1S/C8H7N3S/c1-10-5-3-2-4-6-7(5)12-8(9)11-6/h2-4H,1H2,(H2,9,11). The Hall–Kier alpha value is -1.42. The molecular weight excluding hydrogens is 170 g/mol. The zero-order valence-corrected chi connectivity index (χ0v) is 7.14. The van der Waals surface area contributed by atoms with Gasteiger partial charge < -0.3 is 5.73 Å². The van der Waals surface area contributed by atoms with E-state index in [0.717, 1.165) is 15.9 Å². The fourth-order valence-corrected chi connectivity index (χ4v) is 1.88. The minimum absolute atomic E-state index is 0.570. The van der Waals surface area contributed by atoms with Crippen LogP contribution in [0, 0.1) is 0 Å². The van der Waals surface area contributed by atoms with Gasteiger partial charge in [-0.25, -0.2) is 4.98 Å². The summed E-state index contributed by atoms with van der Waals surface area (Å²) in [6.45, 7) is 3.48. The number of aromatic nitrogens is 1. The van der Waals surface area contributed by atoms with E-state index in [1.165, 1.54) is 11.3 Å². The molecule has 0 radical (unpaired) electrons. The van der Waals surface area contributed by atoms with Crippen molar-refractivity contribution in [3.8, 4) is 0 Å². The summed E-state index contributed by atoms with van der Waals surface area (Å²) in [6.07, 6.45) is 0. The van der Waals surface area contributed by atoms with Crippen molar-refractivity contribution in [2.45, 2.75) is 0 Å². The van der Waals surface area contributed by atoms with Crippen LogP contribution in [0.4, 0.5) is 10.8 Å². The number of thiazole rings is 1. The second kappa shape index (κ2) is 2.57. The summed E-state index contributed by atoms with van der Waals surface area (Å²) in [5, 5.41) is 0.570. The molecule has 0 spiro atoms. The van der Waals surface area contributed by atoms with E-state index in [-0.39, 0.29) is 0 Å². The van der Waals surface area contributed by atoms with E-state index in [1.54, 1.807) is 0 Å². The van der Waals surface area contributed by atoms with Gasteiger partial charge in [-0.05, 0) is 18.9 Å². The van der Waals surface area contributed by atoms with Crippen molar-refractivity contribution in [1.29, 1.82) is 0 Å². The molecule has 0 fully saturated rings. The average molecular weight is 177 g/mol.